The maximum absolute atomic E-state index is 11.5. The van der Waals surface area contributed by atoms with Gasteiger partial charge >= 0.3 is 6.09 Å². The Morgan fingerprint density at radius 3 is 2.62 bits per heavy atom. The van der Waals surface area contributed by atoms with E-state index in [-0.39, 0.29) is 5.82 Å². The van der Waals surface area contributed by atoms with Gasteiger partial charge in [-0.3, -0.25) is 4.90 Å². The lowest BCUT2D eigenvalue weighted by molar-refractivity contribution is 0.195. The van der Waals surface area contributed by atoms with Crippen molar-refractivity contribution in [3.63, 3.8) is 0 Å². The lowest BCUT2D eigenvalue weighted by Gasteiger charge is -2.32. The van der Waals surface area contributed by atoms with E-state index in [1.54, 1.807) is 45.2 Å². The van der Waals surface area contributed by atoms with E-state index in [1.165, 1.54) is 9.58 Å². The highest BCUT2D eigenvalue weighted by atomic mass is 35.5. The fraction of sp³-hybridized carbons (Fsp3) is 0.286. The average molecular weight is 309 g/mol. The van der Waals surface area contributed by atoms with E-state index in [2.05, 4.69) is 5.10 Å². The van der Waals surface area contributed by atoms with Gasteiger partial charge in [0.15, 0.2) is 5.82 Å². The van der Waals surface area contributed by atoms with E-state index in [4.69, 9.17) is 17.3 Å². The molecular formula is C14H17ClN4O2. The zero-order chi connectivity index (χ0) is 15.8. The molecule has 1 amide bonds. The number of halogens is 1. The van der Waals surface area contributed by atoms with E-state index >= 15 is 0 Å². The molecule has 0 aliphatic carbocycles. The van der Waals surface area contributed by atoms with Crippen molar-refractivity contribution in [3.8, 4) is 5.69 Å². The quantitative estimate of drug-likeness (QED) is 0.890. The molecular weight excluding hydrogens is 292 g/mol. The summed E-state index contributed by atoms with van der Waals surface area (Å²) in [4.78, 5) is 12.7. The van der Waals surface area contributed by atoms with Gasteiger partial charge in [0.25, 0.3) is 0 Å². The molecule has 7 heteroatoms. The molecule has 1 aromatic carbocycles. The van der Waals surface area contributed by atoms with Gasteiger partial charge in [-0.05, 0) is 39.0 Å². The Labute approximate surface area is 127 Å². The molecule has 0 bridgehead atoms. The molecule has 3 N–H and O–H groups in total. The van der Waals surface area contributed by atoms with Crippen LogP contribution in [-0.2, 0) is 0 Å². The Morgan fingerprint density at radius 2 is 2.10 bits per heavy atom. The summed E-state index contributed by atoms with van der Waals surface area (Å²) < 4.78 is 1.51. The van der Waals surface area contributed by atoms with Crippen LogP contribution in [0.5, 0.6) is 0 Å². The Bertz CT molecular complexity index is 676. The predicted molar refractivity (Wildman–Crippen MR) is 83.2 cm³/mol. The molecule has 2 aromatic rings. The summed E-state index contributed by atoms with van der Waals surface area (Å²) in [5.41, 5.74) is 6.30. The van der Waals surface area contributed by atoms with Crippen molar-refractivity contribution in [2.45, 2.75) is 26.3 Å². The summed E-state index contributed by atoms with van der Waals surface area (Å²) in [6.07, 6.45) is 0.500. The molecule has 0 spiro atoms. The van der Waals surface area contributed by atoms with Gasteiger partial charge in [-0.15, -0.1) is 5.10 Å². The average Bonchev–Trinajstić information content (AvgIpc) is 2.69. The molecule has 1 heterocycles. The van der Waals surface area contributed by atoms with Crippen LogP contribution in [0, 0.1) is 0 Å². The van der Waals surface area contributed by atoms with Gasteiger partial charge in [-0.2, -0.15) is 0 Å². The molecule has 0 saturated carbocycles. The lowest BCUT2D eigenvalue weighted by Crippen LogP contribution is -2.45. The molecule has 0 fully saturated rings. The van der Waals surface area contributed by atoms with Crippen LogP contribution in [0.2, 0.25) is 5.02 Å². The number of anilines is 2. The molecule has 0 radical (unpaired) electrons. The first-order valence-electron chi connectivity index (χ1n) is 6.34. The van der Waals surface area contributed by atoms with E-state index in [0.717, 1.165) is 0 Å². The van der Waals surface area contributed by atoms with Crippen LogP contribution in [0.15, 0.2) is 30.5 Å². The van der Waals surface area contributed by atoms with Crippen LogP contribution in [0.3, 0.4) is 0 Å². The highest BCUT2D eigenvalue weighted by Gasteiger charge is 2.31. The molecule has 0 aliphatic rings. The van der Waals surface area contributed by atoms with Crippen molar-refractivity contribution in [2.24, 2.45) is 0 Å². The second-order valence-corrected chi connectivity index (χ2v) is 6.05. The molecule has 0 saturated heterocycles. The van der Waals surface area contributed by atoms with E-state index < -0.39 is 11.6 Å². The molecule has 112 valence electrons. The van der Waals surface area contributed by atoms with E-state index in [1.807, 2.05) is 6.07 Å². The van der Waals surface area contributed by atoms with Crippen LogP contribution in [0.25, 0.3) is 5.69 Å². The second-order valence-electron chi connectivity index (χ2n) is 5.61. The number of hydrogen-bond acceptors (Lipinski definition) is 3. The van der Waals surface area contributed by atoms with Gasteiger partial charge in [-0.1, -0.05) is 17.7 Å². The van der Waals surface area contributed by atoms with Crippen LogP contribution >= 0.6 is 11.6 Å². The van der Waals surface area contributed by atoms with E-state index in [0.29, 0.717) is 16.4 Å². The normalized spacial score (nSPS) is 11.4. The van der Waals surface area contributed by atoms with Crippen molar-refractivity contribution in [2.75, 3.05) is 10.6 Å². The molecule has 0 unspecified atom stereocenters. The summed E-state index contributed by atoms with van der Waals surface area (Å²) in [7, 11) is 0. The van der Waals surface area contributed by atoms with E-state index in [9.17, 15) is 9.90 Å². The lowest BCUT2D eigenvalue weighted by atomic mass is 10.1. The van der Waals surface area contributed by atoms with Gasteiger partial charge in [0.05, 0.1) is 11.9 Å². The molecule has 6 nitrogen and oxygen atoms in total. The maximum Gasteiger partial charge on any atom is 0.412 e. The minimum absolute atomic E-state index is 0.146. The fourth-order valence-corrected chi connectivity index (χ4v) is 2.24. The number of carboxylic acid groups (broad SMARTS) is 1. The van der Waals surface area contributed by atoms with Crippen LogP contribution < -0.4 is 10.6 Å². The van der Waals surface area contributed by atoms with Crippen LogP contribution in [-0.4, -0.2) is 26.5 Å². The first kappa shape index (κ1) is 15.2. The summed E-state index contributed by atoms with van der Waals surface area (Å²) in [5, 5.41) is 14.2. The number of benzene rings is 1. The molecule has 0 aliphatic heterocycles. The monoisotopic (exact) mass is 308 g/mol. The third-order valence-electron chi connectivity index (χ3n) is 2.90. The Hall–Kier alpha value is -2.21. The summed E-state index contributed by atoms with van der Waals surface area (Å²) >= 11 is 5.95. The van der Waals surface area contributed by atoms with Gasteiger partial charge < -0.3 is 10.8 Å². The number of amides is 1. The van der Waals surface area contributed by atoms with Crippen molar-refractivity contribution in [1.29, 1.82) is 0 Å². The number of rotatable bonds is 2. The first-order valence-corrected chi connectivity index (χ1v) is 6.72. The Balaban J connectivity index is 2.50. The Kier molecular flexibility index (Phi) is 3.82. The van der Waals surface area contributed by atoms with Gasteiger partial charge in [-0.25, -0.2) is 9.48 Å². The highest BCUT2D eigenvalue weighted by Crippen LogP contribution is 2.30. The molecule has 2 rings (SSSR count). The number of carbonyl (C=O) groups is 1. The fourth-order valence-electron chi connectivity index (χ4n) is 2.05. The summed E-state index contributed by atoms with van der Waals surface area (Å²) in [6, 6.07) is 7.07. The SMILES string of the molecule is CC(C)(C)N(C(=O)O)c1cn(-c2cccc(Cl)c2)nc1N. The topological polar surface area (TPSA) is 84.4 Å². The van der Waals surface area contributed by atoms with Crippen LogP contribution in [0.4, 0.5) is 16.3 Å². The van der Waals surface area contributed by atoms with Crippen molar-refractivity contribution in [3.05, 3.63) is 35.5 Å². The summed E-state index contributed by atoms with van der Waals surface area (Å²) in [5.74, 6) is 0.146. The largest absolute Gasteiger partial charge is 0.465 e. The third kappa shape index (κ3) is 3.11. The highest BCUT2D eigenvalue weighted by molar-refractivity contribution is 6.30. The standard InChI is InChI=1S/C14H17ClN4O2/c1-14(2,3)19(13(20)21)11-8-18(17-12(11)16)10-6-4-5-9(15)7-10/h4-8H,1-3H3,(H2,16,17)(H,20,21). The number of nitrogens with zero attached hydrogens (tertiary/aromatic N) is 3. The smallest absolute Gasteiger partial charge is 0.412 e. The van der Waals surface area contributed by atoms with Crippen molar-refractivity contribution < 1.29 is 9.90 Å². The molecule has 0 atom stereocenters. The van der Waals surface area contributed by atoms with Gasteiger partial charge in [0, 0.05) is 10.6 Å². The predicted octanol–water partition coefficient (Wildman–Crippen LogP) is 3.39. The number of nitrogen functional groups attached to an aromatic ring is 1. The zero-order valence-electron chi connectivity index (χ0n) is 12.0. The Morgan fingerprint density at radius 1 is 1.43 bits per heavy atom. The van der Waals surface area contributed by atoms with Crippen molar-refractivity contribution in [1.82, 2.24) is 9.78 Å². The first-order chi connectivity index (χ1) is 9.70. The second kappa shape index (κ2) is 5.29. The zero-order valence-corrected chi connectivity index (χ0v) is 12.8. The molecule has 1 aromatic heterocycles. The number of hydrogen-bond donors (Lipinski definition) is 2. The number of nitrogens with two attached hydrogens (primary N) is 1. The number of aromatic nitrogens is 2. The third-order valence-corrected chi connectivity index (χ3v) is 3.13. The minimum Gasteiger partial charge on any atom is -0.465 e. The van der Waals surface area contributed by atoms with Crippen molar-refractivity contribution >= 4 is 29.2 Å². The summed E-state index contributed by atoms with van der Waals surface area (Å²) in [6.45, 7) is 5.37. The van der Waals surface area contributed by atoms with Gasteiger partial charge in [0.1, 0.15) is 5.69 Å². The van der Waals surface area contributed by atoms with Crippen LogP contribution in [0.1, 0.15) is 20.8 Å². The van der Waals surface area contributed by atoms with Gasteiger partial charge in [0.2, 0.25) is 0 Å². The maximum atomic E-state index is 11.5. The minimum atomic E-state index is -1.08. The molecule has 21 heavy (non-hydrogen) atoms.